The van der Waals surface area contributed by atoms with Crippen molar-refractivity contribution >= 4 is 41.4 Å². The third kappa shape index (κ3) is 12.3. The zero-order valence-electron chi connectivity index (χ0n) is 18.5. The fraction of sp³-hybridized carbons (Fsp3) is 0.611. The molecule has 0 rings (SSSR count). The zero-order chi connectivity index (χ0) is 26.4. The maximum absolute atomic E-state index is 12.7. The number of hydrogen-bond donors (Lipinski definition) is 9. The quantitative estimate of drug-likeness (QED) is 0.0874. The van der Waals surface area contributed by atoms with Crippen LogP contribution in [-0.2, 0) is 33.6 Å². The molecule has 192 valence electrons. The second kappa shape index (κ2) is 15.1. The largest absolute Gasteiger partial charge is 0.480 e. The highest BCUT2D eigenvalue weighted by atomic mass is 16.4. The number of rotatable bonds is 17. The first-order chi connectivity index (χ1) is 15.8. The van der Waals surface area contributed by atoms with Crippen molar-refractivity contribution in [1.29, 1.82) is 0 Å². The monoisotopic (exact) mass is 488 g/mol. The van der Waals surface area contributed by atoms with E-state index < -0.39 is 84.8 Å². The molecule has 0 unspecified atom stereocenters. The Balaban J connectivity index is 5.50. The Bertz CT molecular complexity index is 790. The highest BCUT2D eigenvalue weighted by molar-refractivity contribution is 5.98. The molecule has 34 heavy (non-hydrogen) atoms. The molecule has 0 spiro atoms. The van der Waals surface area contributed by atoms with Gasteiger partial charge in [-0.05, 0) is 25.8 Å². The molecule has 4 atom stereocenters. The lowest BCUT2D eigenvalue weighted by atomic mass is 10.1. The lowest BCUT2D eigenvalue weighted by Gasteiger charge is -2.24. The third-order valence-corrected chi connectivity index (χ3v) is 4.40. The van der Waals surface area contributed by atoms with Crippen LogP contribution in [0.15, 0.2) is 0 Å². The van der Waals surface area contributed by atoms with E-state index in [9.17, 15) is 38.7 Å². The lowest BCUT2D eigenvalue weighted by Crippen LogP contribution is -2.58. The van der Waals surface area contributed by atoms with E-state index in [2.05, 4.69) is 16.0 Å². The van der Waals surface area contributed by atoms with Crippen LogP contribution < -0.4 is 44.6 Å². The predicted molar refractivity (Wildman–Crippen MR) is 116 cm³/mol. The maximum Gasteiger partial charge on any atom is 0.326 e. The summed E-state index contributed by atoms with van der Waals surface area (Å²) < 4.78 is 0. The molecular weight excluding hydrogens is 456 g/mol. The van der Waals surface area contributed by atoms with Crippen LogP contribution in [0.3, 0.4) is 0 Å². The predicted octanol–water partition coefficient (Wildman–Crippen LogP) is -5.39. The van der Waals surface area contributed by atoms with Crippen LogP contribution >= 0.6 is 0 Å². The second-order valence-electron chi connectivity index (χ2n) is 7.42. The van der Waals surface area contributed by atoms with Crippen molar-refractivity contribution in [2.45, 2.75) is 62.7 Å². The van der Waals surface area contributed by atoms with Crippen molar-refractivity contribution in [3.8, 4) is 0 Å². The molecule has 0 aromatic rings. The molecule has 0 fully saturated rings. The summed E-state index contributed by atoms with van der Waals surface area (Å²) in [6.07, 6.45) is -1.06. The van der Waals surface area contributed by atoms with Gasteiger partial charge in [0.15, 0.2) is 0 Å². The van der Waals surface area contributed by atoms with Gasteiger partial charge < -0.3 is 49.7 Å². The Morgan fingerprint density at radius 2 is 1.06 bits per heavy atom. The van der Waals surface area contributed by atoms with E-state index in [0.717, 1.165) is 0 Å². The number of carbonyl (C=O) groups is 7. The number of amides is 6. The molecule has 0 aromatic heterocycles. The Morgan fingerprint density at radius 3 is 1.44 bits per heavy atom. The maximum atomic E-state index is 12.7. The summed E-state index contributed by atoms with van der Waals surface area (Å²) in [5, 5.41) is 15.7. The fourth-order valence-corrected chi connectivity index (χ4v) is 2.70. The van der Waals surface area contributed by atoms with Crippen LogP contribution in [0.25, 0.3) is 0 Å². The first kappa shape index (κ1) is 30.2. The highest BCUT2D eigenvalue weighted by Gasteiger charge is 2.32. The van der Waals surface area contributed by atoms with Crippen LogP contribution in [-0.4, -0.2) is 77.2 Å². The summed E-state index contributed by atoms with van der Waals surface area (Å²) in [7, 11) is 0. The van der Waals surface area contributed by atoms with Gasteiger partial charge in [-0.2, -0.15) is 0 Å². The Hall–Kier alpha value is -3.79. The van der Waals surface area contributed by atoms with Crippen LogP contribution in [0.4, 0.5) is 0 Å². The normalized spacial score (nSPS) is 14.1. The molecule has 0 radical (unpaired) electrons. The van der Waals surface area contributed by atoms with Gasteiger partial charge >= 0.3 is 5.97 Å². The molecule has 0 aliphatic rings. The van der Waals surface area contributed by atoms with E-state index in [1.54, 1.807) is 0 Å². The number of carboxylic acid groups (broad SMARTS) is 1. The minimum Gasteiger partial charge on any atom is -0.480 e. The summed E-state index contributed by atoms with van der Waals surface area (Å²) in [6.45, 7) is 0.316. The molecular formula is C18H32N8O8. The second-order valence-corrected chi connectivity index (χ2v) is 7.42. The van der Waals surface area contributed by atoms with Gasteiger partial charge in [0.2, 0.25) is 35.4 Å². The van der Waals surface area contributed by atoms with Gasteiger partial charge in [0, 0.05) is 0 Å². The number of aliphatic carboxylic acids is 1. The van der Waals surface area contributed by atoms with Gasteiger partial charge in [-0.15, -0.1) is 0 Å². The van der Waals surface area contributed by atoms with Crippen LogP contribution in [0.5, 0.6) is 0 Å². The fourth-order valence-electron chi connectivity index (χ4n) is 2.70. The Kier molecular flexibility index (Phi) is 13.4. The molecule has 0 saturated carbocycles. The summed E-state index contributed by atoms with van der Waals surface area (Å²) in [5.74, 6) is -7.42. The van der Waals surface area contributed by atoms with E-state index in [-0.39, 0.29) is 6.42 Å². The van der Waals surface area contributed by atoms with Crippen molar-refractivity contribution < 1.29 is 38.7 Å². The standard InChI is InChI=1S/C18H32N8O8/c19-4-2-1-3-9(18(33)34)24-16(31)11(7-14(23)29)26-17(32)10(6-13(22)28)25-15(30)8(20)5-12(21)27/h8-11H,1-7,19-20H2,(H2,21,27)(H2,22,28)(H2,23,29)(H,24,31)(H,25,30)(H,26,32)(H,33,34)/t8-,9-,10-,11-/m0/s1. The average molecular weight is 489 g/mol. The van der Waals surface area contributed by atoms with Crippen molar-refractivity contribution in [2.75, 3.05) is 6.54 Å². The molecule has 16 heteroatoms. The van der Waals surface area contributed by atoms with Crippen molar-refractivity contribution in [1.82, 2.24) is 16.0 Å². The molecule has 0 heterocycles. The minimum atomic E-state index is -1.63. The van der Waals surface area contributed by atoms with Crippen LogP contribution in [0.2, 0.25) is 0 Å². The topological polar surface area (TPSA) is 306 Å². The van der Waals surface area contributed by atoms with Gasteiger partial charge in [0.25, 0.3) is 0 Å². The molecule has 0 bridgehead atoms. The van der Waals surface area contributed by atoms with Gasteiger partial charge in [0.1, 0.15) is 18.1 Å². The molecule has 0 aliphatic heterocycles. The summed E-state index contributed by atoms with van der Waals surface area (Å²) >= 11 is 0. The van der Waals surface area contributed by atoms with Crippen molar-refractivity contribution in [3.63, 3.8) is 0 Å². The summed E-state index contributed by atoms with van der Waals surface area (Å²) in [4.78, 5) is 82.4. The van der Waals surface area contributed by atoms with Gasteiger partial charge in [-0.1, -0.05) is 0 Å². The number of nitrogens with one attached hydrogen (secondary N) is 3. The highest BCUT2D eigenvalue weighted by Crippen LogP contribution is 2.04. The van der Waals surface area contributed by atoms with E-state index >= 15 is 0 Å². The number of nitrogens with two attached hydrogens (primary N) is 5. The molecule has 0 aromatic carbocycles. The molecule has 14 N–H and O–H groups in total. The van der Waals surface area contributed by atoms with Gasteiger partial charge in [-0.3, -0.25) is 28.8 Å². The summed E-state index contributed by atoms with van der Waals surface area (Å²) in [6, 6.07) is -6.03. The molecule has 0 saturated heterocycles. The van der Waals surface area contributed by atoms with Crippen molar-refractivity contribution in [3.05, 3.63) is 0 Å². The molecule has 6 amide bonds. The SMILES string of the molecule is NCCCC[C@H](NC(=O)[C@H](CC(N)=O)NC(=O)[C@H](CC(N)=O)NC(=O)[C@@H](N)CC(N)=O)C(=O)O. The first-order valence-electron chi connectivity index (χ1n) is 10.2. The number of hydrogen-bond acceptors (Lipinski definition) is 9. The number of carboxylic acids is 1. The van der Waals surface area contributed by atoms with E-state index in [0.29, 0.717) is 19.4 Å². The van der Waals surface area contributed by atoms with Crippen LogP contribution in [0.1, 0.15) is 38.5 Å². The van der Waals surface area contributed by atoms with Gasteiger partial charge in [0.05, 0.1) is 25.3 Å². The van der Waals surface area contributed by atoms with Gasteiger partial charge in [-0.25, -0.2) is 4.79 Å². The minimum absolute atomic E-state index is 0.0353. The lowest BCUT2D eigenvalue weighted by molar-refractivity contribution is -0.142. The Morgan fingerprint density at radius 1 is 0.647 bits per heavy atom. The average Bonchev–Trinajstić information content (AvgIpc) is 2.70. The zero-order valence-corrected chi connectivity index (χ0v) is 18.5. The number of unbranched alkanes of at least 4 members (excludes halogenated alkanes) is 1. The van der Waals surface area contributed by atoms with E-state index in [1.807, 2.05) is 0 Å². The van der Waals surface area contributed by atoms with Crippen LogP contribution in [0, 0.1) is 0 Å². The third-order valence-electron chi connectivity index (χ3n) is 4.40. The Labute approximate surface area is 194 Å². The smallest absolute Gasteiger partial charge is 0.326 e. The number of carbonyl (C=O) groups excluding carboxylic acids is 6. The molecule has 16 nitrogen and oxygen atoms in total. The van der Waals surface area contributed by atoms with E-state index in [4.69, 9.17) is 28.7 Å². The molecule has 0 aliphatic carbocycles. The summed E-state index contributed by atoms with van der Waals surface area (Å²) in [5.41, 5.74) is 26.0. The van der Waals surface area contributed by atoms with Crippen molar-refractivity contribution in [2.24, 2.45) is 28.7 Å². The first-order valence-corrected chi connectivity index (χ1v) is 10.2. The number of primary amides is 3. The van der Waals surface area contributed by atoms with E-state index in [1.165, 1.54) is 0 Å².